The van der Waals surface area contributed by atoms with Crippen LogP contribution in [0.1, 0.15) is 103 Å². The van der Waals surface area contributed by atoms with Gasteiger partial charge >= 0.3 is 37.7 Å². The molecule has 14 nitrogen and oxygen atoms in total. The Balaban J connectivity index is 0.000000240. The van der Waals surface area contributed by atoms with Crippen molar-refractivity contribution in [1.29, 1.82) is 0 Å². The number of carbonyl (C=O) groups excluding carboxylic acids is 6. The van der Waals surface area contributed by atoms with Crippen molar-refractivity contribution in [2.24, 2.45) is 0 Å². The molecule has 4 aromatic carbocycles. The third-order valence-electron chi connectivity index (χ3n) is 8.80. The van der Waals surface area contributed by atoms with Crippen molar-refractivity contribution in [2.75, 3.05) is 10.6 Å². The number of fused-ring (bicyclic) bond motifs is 4. The molecule has 0 saturated carbocycles. The van der Waals surface area contributed by atoms with E-state index in [4.69, 9.17) is 0 Å². The molecule has 2 atom stereocenters. The van der Waals surface area contributed by atoms with Gasteiger partial charge in [-0.15, -0.1) is 0 Å². The largest absolute Gasteiger partial charge is 2.00 e. The summed E-state index contributed by atoms with van der Waals surface area (Å²) in [5, 5.41) is 1.18. The van der Waals surface area contributed by atoms with Crippen LogP contribution in [0.2, 0.25) is 0 Å². The molecular formula is C38H32CaN2O12S2. The quantitative estimate of drug-likeness (QED) is 0.148. The third kappa shape index (κ3) is 9.02. The summed E-state index contributed by atoms with van der Waals surface area (Å²) in [4.78, 5) is 75.8. The van der Waals surface area contributed by atoms with Crippen molar-refractivity contribution in [3.8, 4) is 0 Å². The summed E-state index contributed by atoms with van der Waals surface area (Å²) in [6.45, 7) is 3.30. The predicted octanol–water partition coefficient (Wildman–Crippen LogP) is 3.85. The molecule has 0 saturated heterocycles. The molecule has 4 aromatic rings. The van der Waals surface area contributed by atoms with E-state index in [1.807, 2.05) is 0 Å². The Morgan fingerprint density at radius 3 is 1.09 bits per heavy atom. The number of anilines is 2. The van der Waals surface area contributed by atoms with Crippen molar-refractivity contribution in [2.45, 2.75) is 50.0 Å². The van der Waals surface area contributed by atoms with E-state index < -0.39 is 54.1 Å². The summed E-state index contributed by atoms with van der Waals surface area (Å²) < 4.78 is 68.3. The number of hydrogen-bond acceptors (Lipinski definition) is 12. The molecule has 2 aliphatic carbocycles. The Morgan fingerprint density at radius 1 is 0.509 bits per heavy atom. The normalized spacial score (nSPS) is 14.0. The van der Waals surface area contributed by atoms with Crippen molar-refractivity contribution in [1.82, 2.24) is 0 Å². The fourth-order valence-electron chi connectivity index (χ4n) is 6.26. The van der Waals surface area contributed by atoms with Crippen molar-refractivity contribution >= 4 is 104 Å². The molecule has 2 amide bonds. The van der Waals surface area contributed by atoms with Crippen LogP contribution in [-0.2, 0) is 29.8 Å². The van der Waals surface area contributed by atoms with Gasteiger partial charge in [0.2, 0.25) is 11.8 Å². The molecular weight excluding hydrogens is 781 g/mol. The molecule has 0 radical (unpaired) electrons. The average molecular weight is 813 g/mol. The summed E-state index contributed by atoms with van der Waals surface area (Å²) in [7, 11) is -9.71. The minimum atomic E-state index is -4.85. The summed E-state index contributed by atoms with van der Waals surface area (Å²) in [6, 6.07) is 21.4. The van der Waals surface area contributed by atoms with Crippen molar-refractivity contribution in [3.63, 3.8) is 0 Å². The second-order valence-electron chi connectivity index (χ2n) is 12.4. The fourth-order valence-corrected chi connectivity index (χ4v) is 7.95. The summed E-state index contributed by atoms with van der Waals surface area (Å²) in [5.41, 5.74) is 1.19. The van der Waals surface area contributed by atoms with Crippen LogP contribution in [0.25, 0.3) is 0 Å². The molecule has 2 aliphatic rings. The smallest absolute Gasteiger partial charge is 0.747 e. The van der Waals surface area contributed by atoms with Gasteiger partial charge in [-0.25, -0.2) is 16.8 Å². The first-order valence-electron chi connectivity index (χ1n) is 16.6. The Hall–Kier alpha value is -4.42. The number of ketones is 4. The zero-order valence-corrected chi connectivity index (χ0v) is 33.3. The van der Waals surface area contributed by atoms with Gasteiger partial charge in [0.05, 0.1) is 22.5 Å². The summed E-state index contributed by atoms with van der Waals surface area (Å²) in [5.74, 6) is -3.66. The van der Waals surface area contributed by atoms with Gasteiger partial charge in [-0.3, -0.25) is 28.8 Å². The number of carbonyl (C=O) groups is 6. The standard InChI is InChI=1S/2C19H17NO6S.Ca/c2*1-2-6-15(27(24,25)26)19(23)20-14-10-5-9-13-16(14)18(22)12-8-4-3-7-11(12)17(13)21;/h2*3-5,7-10,15H,2,6H2,1H3,(H,20,23)(H,24,25,26);/q;;+2/p-2. The van der Waals surface area contributed by atoms with Gasteiger partial charge < -0.3 is 19.7 Å². The number of hydrogen-bond donors (Lipinski definition) is 2. The first kappa shape index (κ1) is 43.3. The molecule has 0 spiro atoms. The van der Waals surface area contributed by atoms with E-state index >= 15 is 0 Å². The predicted molar refractivity (Wildman–Crippen MR) is 199 cm³/mol. The first-order chi connectivity index (χ1) is 25.5. The maximum Gasteiger partial charge on any atom is 2.00 e. The van der Waals surface area contributed by atoms with Gasteiger partial charge in [0.1, 0.15) is 30.7 Å². The van der Waals surface area contributed by atoms with Gasteiger partial charge in [-0.1, -0.05) is 99.5 Å². The van der Waals surface area contributed by atoms with Crippen molar-refractivity contribution in [3.05, 3.63) is 129 Å². The van der Waals surface area contributed by atoms with Gasteiger partial charge in [0, 0.05) is 33.4 Å². The number of benzene rings is 4. The Morgan fingerprint density at radius 2 is 0.800 bits per heavy atom. The topological polar surface area (TPSA) is 241 Å². The molecule has 2 N–H and O–H groups in total. The molecule has 2 unspecified atom stereocenters. The molecule has 0 bridgehead atoms. The summed E-state index contributed by atoms with van der Waals surface area (Å²) >= 11 is 0. The van der Waals surface area contributed by atoms with Gasteiger partial charge in [-0.05, 0) is 25.0 Å². The number of rotatable bonds is 10. The van der Waals surface area contributed by atoms with Crippen LogP contribution < -0.4 is 10.6 Å². The van der Waals surface area contributed by atoms with Gasteiger partial charge in [-0.2, -0.15) is 0 Å². The minimum absolute atomic E-state index is 0. The fraction of sp³-hybridized carbons (Fsp3) is 0.211. The van der Waals surface area contributed by atoms with Crippen molar-refractivity contribution < 1.29 is 54.7 Å². The zero-order chi connectivity index (χ0) is 39.5. The van der Waals surface area contributed by atoms with Crippen LogP contribution in [-0.4, -0.2) is 109 Å². The van der Waals surface area contributed by atoms with Gasteiger partial charge in [0.15, 0.2) is 23.1 Å². The Kier molecular flexibility index (Phi) is 13.8. The molecule has 280 valence electrons. The van der Waals surface area contributed by atoms with Crippen LogP contribution in [0, 0.1) is 0 Å². The number of nitrogens with one attached hydrogen (secondary N) is 2. The van der Waals surface area contributed by atoms with E-state index in [0.29, 0.717) is 12.8 Å². The van der Waals surface area contributed by atoms with Gasteiger partial charge in [0.25, 0.3) is 0 Å². The average Bonchev–Trinajstić information content (AvgIpc) is 3.13. The third-order valence-corrected chi connectivity index (χ3v) is 11.1. The molecule has 55 heavy (non-hydrogen) atoms. The maximum atomic E-state index is 12.9. The first-order valence-corrected chi connectivity index (χ1v) is 19.6. The zero-order valence-electron chi connectivity index (χ0n) is 29.5. The van der Waals surface area contributed by atoms with E-state index in [9.17, 15) is 54.7 Å². The van der Waals surface area contributed by atoms with Crippen LogP contribution >= 0.6 is 0 Å². The molecule has 0 fully saturated rings. The van der Waals surface area contributed by atoms with E-state index in [-0.39, 0.29) is 118 Å². The second kappa shape index (κ2) is 17.6. The minimum Gasteiger partial charge on any atom is -0.747 e. The van der Waals surface area contributed by atoms with Crippen LogP contribution in [0.3, 0.4) is 0 Å². The van der Waals surface area contributed by atoms with E-state index in [1.165, 1.54) is 48.5 Å². The van der Waals surface area contributed by atoms with E-state index in [1.54, 1.807) is 50.2 Å². The van der Waals surface area contributed by atoms with Crippen LogP contribution in [0.15, 0.2) is 84.9 Å². The monoisotopic (exact) mass is 812 g/mol. The summed E-state index contributed by atoms with van der Waals surface area (Å²) in [6.07, 6.45) is 0.360. The molecule has 17 heteroatoms. The SMILES string of the molecule is CCCC(C(=O)Nc1cccc2c1C(=O)c1ccccc1C2=O)S(=O)(=O)[O-].CCCC(C(=O)Nc1cccc2c1C(=O)c1ccccc1C2=O)S(=O)(=O)[O-].[Ca+2]. The maximum absolute atomic E-state index is 12.9. The molecule has 6 rings (SSSR count). The van der Waals surface area contributed by atoms with Crippen LogP contribution in [0.4, 0.5) is 11.4 Å². The Labute approximate surface area is 346 Å². The van der Waals surface area contributed by atoms with E-state index in [2.05, 4.69) is 10.6 Å². The van der Waals surface area contributed by atoms with Crippen LogP contribution in [0.5, 0.6) is 0 Å². The Bertz CT molecular complexity index is 2290. The molecule has 0 heterocycles. The van der Waals surface area contributed by atoms with E-state index in [0.717, 1.165) is 0 Å². The number of amides is 2. The molecule has 0 aromatic heterocycles. The molecule has 0 aliphatic heterocycles. The second-order valence-corrected chi connectivity index (χ2v) is 15.5.